The molecule has 1 aromatic heterocycles. The fourth-order valence-electron chi connectivity index (χ4n) is 1.67. The molecule has 2 aromatic rings. The maximum Gasteiger partial charge on any atom is 0.417 e. The van der Waals surface area contributed by atoms with Gasteiger partial charge in [0, 0.05) is 22.6 Å². The van der Waals surface area contributed by atoms with E-state index in [2.05, 4.69) is 4.98 Å². The summed E-state index contributed by atoms with van der Waals surface area (Å²) in [5, 5.41) is 0.378. The molecule has 0 aliphatic rings. The maximum atomic E-state index is 12.9. The minimum Gasteiger partial charge on any atom is -0.330 e. The van der Waals surface area contributed by atoms with Gasteiger partial charge < -0.3 is 5.73 Å². The zero-order valence-corrected chi connectivity index (χ0v) is 11.1. The summed E-state index contributed by atoms with van der Waals surface area (Å²) in [6.45, 7) is 2.37. The van der Waals surface area contributed by atoms with Crippen LogP contribution in [0.4, 0.5) is 13.2 Å². The van der Waals surface area contributed by atoms with Crippen molar-refractivity contribution in [3.05, 3.63) is 40.9 Å². The topological polar surface area (TPSA) is 38.9 Å². The van der Waals surface area contributed by atoms with Gasteiger partial charge >= 0.3 is 6.18 Å². The van der Waals surface area contributed by atoms with E-state index in [0.29, 0.717) is 11.6 Å². The van der Waals surface area contributed by atoms with Gasteiger partial charge in [-0.3, -0.25) is 0 Å². The second kappa shape index (κ2) is 5.30. The van der Waals surface area contributed by atoms with Crippen molar-refractivity contribution in [1.29, 1.82) is 0 Å². The lowest BCUT2D eigenvalue weighted by Crippen LogP contribution is -2.07. The first-order chi connectivity index (χ1) is 8.93. The van der Waals surface area contributed by atoms with Gasteiger partial charge in [-0.25, -0.2) is 4.98 Å². The number of aromatic nitrogens is 1. The number of hydrogen-bond acceptors (Lipinski definition) is 3. The molecule has 2 N–H and O–H groups in total. The summed E-state index contributed by atoms with van der Waals surface area (Å²) in [5.41, 5.74) is 5.01. The van der Waals surface area contributed by atoms with E-state index in [1.165, 1.54) is 23.5 Å². The quantitative estimate of drug-likeness (QED) is 0.929. The van der Waals surface area contributed by atoms with E-state index >= 15 is 0 Å². The Morgan fingerprint density at radius 2 is 2.00 bits per heavy atom. The van der Waals surface area contributed by atoms with Gasteiger partial charge in [-0.2, -0.15) is 13.2 Å². The van der Waals surface area contributed by atoms with Crippen LogP contribution >= 0.6 is 11.3 Å². The lowest BCUT2D eigenvalue weighted by Gasteiger charge is -2.10. The van der Waals surface area contributed by atoms with E-state index in [1.54, 1.807) is 12.3 Å². The van der Waals surface area contributed by atoms with Gasteiger partial charge in [0.05, 0.1) is 5.56 Å². The molecule has 1 unspecified atom stereocenters. The Morgan fingerprint density at radius 3 is 2.63 bits per heavy atom. The molecule has 1 atom stereocenters. The molecule has 0 radical (unpaired) electrons. The van der Waals surface area contributed by atoms with Gasteiger partial charge in [0.2, 0.25) is 0 Å². The van der Waals surface area contributed by atoms with Crippen LogP contribution in [0.2, 0.25) is 0 Å². The predicted molar refractivity (Wildman–Crippen MR) is 70.0 cm³/mol. The Hall–Kier alpha value is -1.40. The molecule has 0 saturated heterocycles. The van der Waals surface area contributed by atoms with Crippen LogP contribution < -0.4 is 5.73 Å². The molecule has 0 aliphatic carbocycles. The number of benzene rings is 1. The zero-order valence-electron chi connectivity index (χ0n) is 10.2. The summed E-state index contributed by atoms with van der Waals surface area (Å²) < 4.78 is 38.8. The lowest BCUT2D eigenvalue weighted by molar-refractivity contribution is -0.137. The minimum absolute atomic E-state index is 0.101. The number of hydrogen-bond donors (Lipinski definition) is 1. The zero-order chi connectivity index (χ0) is 14.0. The number of halogens is 3. The monoisotopic (exact) mass is 286 g/mol. The molecule has 1 heterocycles. The second-order valence-corrected chi connectivity index (χ2v) is 5.31. The van der Waals surface area contributed by atoms with E-state index < -0.39 is 11.7 Å². The Bertz CT molecular complexity index is 563. The molecule has 0 amide bonds. The minimum atomic E-state index is -4.37. The van der Waals surface area contributed by atoms with Crippen molar-refractivity contribution in [1.82, 2.24) is 4.98 Å². The van der Waals surface area contributed by atoms with Crippen LogP contribution in [0.25, 0.3) is 10.6 Å². The van der Waals surface area contributed by atoms with Gasteiger partial charge in [-0.05, 0) is 12.6 Å². The normalized spacial score (nSPS) is 13.5. The number of alkyl halides is 3. The van der Waals surface area contributed by atoms with Gasteiger partial charge in [0.1, 0.15) is 5.01 Å². The number of thiazole rings is 1. The van der Waals surface area contributed by atoms with Crippen molar-refractivity contribution in [2.75, 3.05) is 6.54 Å². The molecule has 0 aliphatic heterocycles. The van der Waals surface area contributed by atoms with Gasteiger partial charge in [-0.15, -0.1) is 11.3 Å². The van der Waals surface area contributed by atoms with Crippen LogP contribution in [-0.4, -0.2) is 11.5 Å². The van der Waals surface area contributed by atoms with Crippen LogP contribution in [0.15, 0.2) is 30.5 Å². The molecule has 1 aromatic carbocycles. The van der Waals surface area contributed by atoms with Crippen molar-refractivity contribution in [2.45, 2.75) is 19.0 Å². The molecule has 0 bridgehead atoms. The van der Waals surface area contributed by atoms with E-state index in [9.17, 15) is 13.2 Å². The average Bonchev–Trinajstić information content (AvgIpc) is 2.86. The molecule has 2 rings (SSSR count). The molecule has 6 heteroatoms. The summed E-state index contributed by atoms with van der Waals surface area (Å²) in [6, 6.07) is 5.47. The largest absolute Gasteiger partial charge is 0.417 e. The summed E-state index contributed by atoms with van der Waals surface area (Å²) in [5.74, 6) is 0.101. The lowest BCUT2D eigenvalue weighted by atomic mass is 10.1. The van der Waals surface area contributed by atoms with Crippen molar-refractivity contribution in [3.8, 4) is 10.6 Å². The number of rotatable bonds is 3. The van der Waals surface area contributed by atoms with Gasteiger partial charge in [0.15, 0.2) is 0 Å². The van der Waals surface area contributed by atoms with E-state index in [0.717, 1.165) is 10.9 Å². The van der Waals surface area contributed by atoms with E-state index in [-0.39, 0.29) is 11.5 Å². The fraction of sp³-hybridized carbons (Fsp3) is 0.308. The molecule has 2 nitrogen and oxygen atoms in total. The smallest absolute Gasteiger partial charge is 0.330 e. The Labute approximate surface area is 113 Å². The molecule has 0 spiro atoms. The Morgan fingerprint density at radius 1 is 1.32 bits per heavy atom. The predicted octanol–water partition coefficient (Wildman–Crippen LogP) is 3.89. The van der Waals surface area contributed by atoms with Gasteiger partial charge in [0.25, 0.3) is 0 Å². The first-order valence-corrected chi connectivity index (χ1v) is 6.57. The first kappa shape index (κ1) is 14.0. The third-order valence-electron chi connectivity index (χ3n) is 2.83. The molecule has 19 heavy (non-hydrogen) atoms. The summed E-state index contributed by atoms with van der Waals surface area (Å²) in [6.07, 6.45) is -2.77. The van der Waals surface area contributed by atoms with Crippen LogP contribution in [0.1, 0.15) is 23.3 Å². The van der Waals surface area contributed by atoms with Crippen LogP contribution in [0.3, 0.4) is 0 Å². The average molecular weight is 286 g/mol. The Balaban J connectivity index is 2.45. The molecular formula is C13H13F3N2S. The van der Waals surface area contributed by atoms with Crippen molar-refractivity contribution in [3.63, 3.8) is 0 Å². The number of nitrogens with zero attached hydrogens (tertiary/aromatic N) is 1. The van der Waals surface area contributed by atoms with E-state index in [1.807, 2.05) is 6.92 Å². The second-order valence-electron chi connectivity index (χ2n) is 4.25. The fourth-order valence-corrected chi connectivity index (χ4v) is 2.69. The molecular weight excluding hydrogens is 273 g/mol. The molecule has 0 fully saturated rings. The van der Waals surface area contributed by atoms with Crippen LogP contribution in [0, 0.1) is 0 Å². The SMILES string of the molecule is CC(CN)c1cnc(-c2ccccc2C(F)(F)F)s1. The summed E-state index contributed by atoms with van der Waals surface area (Å²) >= 11 is 1.26. The third-order valence-corrected chi connectivity index (χ3v) is 4.09. The van der Waals surface area contributed by atoms with Crippen molar-refractivity contribution in [2.24, 2.45) is 5.73 Å². The standard InChI is InChI=1S/C13H13F3N2S/c1-8(6-17)11-7-18-12(19-11)9-4-2-3-5-10(9)13(14,15)16/h2-5,7-8H,6,17H2,1H3. The highest BCUT2D eigenvalue weighted by atomic mass is 32.1. The first-order valence-electron chi connectivity index (χ1n) is 5.76. The molecule has 102 valence electrons. The number of nitrogens with two attached hydrogens (primary N) is 1. The van der Waals surface area contributed by atoms with Gasteiger partial charge in [-0.1, -0.05) is 25.1 Å². The van der Waals surface area contributed by atoms with Crippen LogP contribution in [0.5, 0.6) is 0 Å². The summed E-state index contributed by atoms with van der Waals surface area (Å²) in [7, 11) is 0. The highest BCUT2D eigenvalue weighted by Crippen LogP contribution is 2.39. The summed E-state index contributed by atoms with van der Waals surface area (Å²) in [4.78, 5) is 4.99. The van der Waals surface area contributed by atoms with Crippen LogP contribution in [-0.2, 0) is 6.18 Å². The Kier molecular flexibility index (Phi) is 3.91. The molecule has 0 saturated carbocycles. The van der Waals surface area contributed by atoms with Crippen molar-refractivity contribution < 1.29 is 13.2 Å². The highest BCUT2D eigenvalue weighted by Gasteiger charge is 2.34. The van der Waals surface area contributed by atoms with Crippen molar-refractivity contribution >= 4 is 11.3 Å². The highest BCUT2D eigenvalue weighted by molar-refractivity contribution is 7.15. The maximum absolute atomic E-state index is 12.9. The van der Waals surface area contributed by atoms with E-state index in [4.69, 9.17) is 5.73 Å². The third kappa shape index (κ3) is 2.96.